The molecule has 24 heavy (non-hydrogen) atoms. The zero-order valence-corrected chi connectivity index (χ0v) is 13.9. The standard InChI is InChI=1S/C16H16ClN5O2/c1-23-14-3-2-11(8-13(14)17)21-15-12(9-18)16(20-10-19-15)22-4-6-24-7-5-22/h2-3,8,10H,4-7H2,1H3,(H,19,20,21). The number of hydrogen-bond donors (Lipinski definition) is 1. The fraction of sp³-hybridized carbons (Fsp3) is 0.312. The Morgan fingerprint density at radius 3 is 2.79 bits per heavy atom. The summed E-state index contributed by atoms with van der Waals surface area (Å²) < 4.78 is 10.5. The molecule has 0 amide bonds. The van der Waals surface area contributed by atoms with Crippen LogP contribution < -0.4 is 15.0 Å². The van der Waals surface area contributed by atoms with Crippen molar-refractivity contribution < 1.29 is 9.47 Å². The molecule has 1 aliphatic heterocycles. The predicted molar refractivity (Wildman–Crippen MR) is 91.1 cm³/mol. The highest BCUT2D eigenvalue weighted by molar-refractivity contribution is 6.32. The van der Waals surface area contributed by atoms with Gasteiger partial charge in [0.2, 0.25) is 0 Å². The van der Waals surface area contributed by atoms with Crippen LogP contribution in [0.1, 0.15) is 5.56 Å². The molecule has 0 spiro atoms. The molecule has 2 aromatic rings. The van der Waals surface area contributed by atoms with Gasteiger partial charge in [-0.15, -0.1) is 0 Å². The molecule has 1 aromatic heterocycles. The van der Waals surface area contributed by atoms with E-state index in [2.05, 4.69) is 21.4 Å². The molecule has 1 aromatic carbocycles. The third kappa shape index (κ3) is 3.35. The molecule has 0 saturated carbocycles. The molecule has 0 bridgehead atoms. The molecule has 8 heteroatoms. The molecule has 0 aliphatic carbocycles. The summed E-state index contributed by atoms with van der Waals surface area (Å²) in [7, 11) is 1.56. The summed E-state index contributed by atoms with van der Waals surface area (Å²) in [5, 5.41) is 13.2. The monoisotopic (exact) mass is 345 g/mol. The van der Waals surface area contributed by atoms with Gasteiger partial charge in [0.05, 0.1) is 25.3 Å². The van der Waals surface area contributed by atoms with Crippen LogP contribution in [0.3, 0.4) is 0 Å². The second-order valence-electron chi connectivity index (χ2n) is 5.11. The van der Waals surface area contributed by atoms with E-state index in [-0.39, 0.29) is 0 Å². The lowest BCUT2D eigenvalue weighted by Crippen LogP contribution is -2.37. The number of aromatic nitrogens is 2. The minimum absolute atomic E-state index is 0.395. The number of nitriles is 1. The van der Waals surface area contributed by atoms with Crippen LogP contribution in [0.25, 0.3) is 0 Å². The summed E-state index contributed by atoms with van der Waals surface area (Å²) >= 11 is 6.14. The van der Waals surface area contributed by atoms with Crippen molar-refractivity contribution in [2.75, 3.05) is 43.6 Å². The first-order valence-corrected chi connectivity index (χ1v) is 7.79. The Balaban J connectivity index is 1.90. The smallest absolute Gasteiger partial charge is 0.154 e. The van der Waals surface area contributed by atoms with E-state index < -0.39 is 0 Å². The van der Waals surface area contributed by atoms with Crippen LogP contribution in [0.5, 0.6) is 5.75 Å². The van der Waals surface area contributed by atoms with Crippen LogP contribution >= 0.6 is 11.6 Å². The molecule has 0 radical (unpaired) electrons. The van der Waals surface area contributed by atoms with E-state index in [1.807, 2.05) is 11.0 Å². The fourth-order valence-electron chi connectivity index (χ4n) is 2.47. The zero-order valence-electron chi connectivity index (χ0n) is 13.1. The summed E-state index contributed by atoms with van der Waals surface area (Å²) in [6.07, 6.45) is 1.44. The predicted octanol–water partition coefficient (Wildman–Crippen LogP) is 2.59. The van der Waals surface area contributed by atoms with Gasteiger partial charge in [0.1, 0.15) is 23.7 Å². The number of halogens is 1. The molecule has 1 saturated heterocycles. The molecule has 7 nitrogen and oxygen atoms in total. The van der Waals surface area contributed by atoms with Gasteiger partial charge in [0, 0.05) is 18.8 Å². The van der Waals surface area contributed by atoms with Crippen molar-refractivity contribution in [3.05, 3.63) is 35.1 Å². The van der Waals surface area contributed by atoms with Gasteiger partial charge in [0.25, 0.3) is 0 Å². The van der Waals surface area contributed by atoms with Crippen LogP contribution in [-0.2, 0) is 4.74 Å². The van der Waals surface area contributed by atoms with Gasteiger partial charge in [-0.3, -0.25) is 0 Å². The highest BCUT2D eigenvalue weighted by Gasteiger charge is 2.19. The van der Waals surface area contributed by atoms with Crippen LogP contribution in [-0.4, -0.2) is 43.4 Å². The fourth-order valence-corrected chi connectivity index (χ4v) is 2.73. The third-order valence-corrected chi connectivity index (χ3v) is 3.96. The number of morpholine rings is 1. The van der Waals surface area contributed by atoms with Gasteiger partial charge >= 0.3 is 0 Å². The number of methoxy groups -OCH3 is 1. The van der Waals surface area contributed by atoms with E-state index >= 15 is 0 Å². The van der Waals surface area contributed by atoms with Crippen molar-refractivity contribution in [3.63, 3.8) is 0 Å². The van der Waals surface area contributed by atoms with Gasteiger partial charge < -0.3 is 19.7 Å². The first-order valence-electron chi connectivity index (χ1n) is 7.41. The van der Waals surface area contributed by atoms with Crippen molar-refractivity contribution in [3.8, 4) is 11.8 Å². The van der Waals surface area contributed by atoms with Gasteiger partial charge in [-0.25, -0.2) is 9.97 Å². The average molecular weight is 346 g/mol. The average Bonchev–Trinajstić information content (AvgIpc) is 2.62. The highest BCUT2D eigenvalue weighted by atomic mass is 35.5. The summed E-state index contributed by atoms with van der Waals surface area (Å²) in [6.45, 7) is 2.62. The van der Waals surface area contributed by atoms with Crippen LogP contribution in [0.4, 0.5) is 17.3 Å². The van der Waals surface area contributed by atoms with Crippen molar-refractivity contribution in [2.24, 2.45) is 0 Å². The Labute approximate surface area is 144 Å². The highest BCUT2D eigenvalue weighted by Crippen LogP contribution is 2.30. The second kappa shape index (κ2) is 7.34. The number of nitrogens with zero attached hydrogens (tertiary/aromatic N) is 4. The molecule has 124 valence electrons. The molecule has 0 atom stereocenters. The number of nitrogens with one attached hydrogen (secondary N) is 1. The minimum Gasteiger partial charge on any atom is -0.495 e. The van der Waals surface area contributed by atoms with E-state index in [1.54, 1.807) is 19.2 Å². The molecule has 0 unspecified atom stereocenters. The van der Waals surface area contributed by atoms with Crippen molar-refractivity contribution in [2.45, 2.75) is 0 Å². The maximum Gasteiger partial charge on any atom is 0.154 e. The first kappa shape index (κ1) is 16.3. The Hall–Kier alpha value is -2.56. The van der Waals surface area contributed by atoms with Crippen molar-refractivity contribution in [1.29, 1.82) is 5.26 Å². The Morgan fingerprint density at radius 1 is 1.33 bits per heavy atom. The SMILES string of the molecule is COc1ccc(Nc2ncnc(N3CCOCC3)c2C#N)cc1Cl. The first-order chi connectivity index (χ1) is 11.7. The number of rotatable bonds is 4. The molecule has 1 fully saturated rings. The van der Waals surface area contributed by atoms with Gasteiger partial charge in [-0.2, -0.15) is 5.26 Å². The maximum absolute atomic E-state index is 9.57. The third-order valence-electron chi connectivity index (χ3n) is 3.66. The summed E-state index contributed by atoms with van der Waals surface area (Å²) in [5.74, 6) is 1.63. The van der Waals surface area contributed by atoms with Gasteiger partial charge in [0.15, 0.2) is 11.6 Å². The van der Waals surface area contributed by atoms with Gasteiger partial charge in [-0.05, 0) is 18.2 Å². The second-order valence-corrected chi connectivity index (χ2v) is 5.51. The number of hydrogen-bond acceptors (Lipinski definition) is 7. The Kier molecular flexibility index (Phi) is 4.99. The summed E-state index contributed by atoms with van der Waals surface area (Å²) in [5.41, 5.74) is 1.11. The van der Waals surface area contributed by atoms with Crippen LogP contribution in [0.2, 0.25) is 5.02 Å². The van der Waals surface area contributed by atoms with Crippen LogP contribution in [0.15, 0.2) is 24.5 Å². The van der Waals surface area contributed by atoms with Crippen LogP contribution in [0, 0.1) is 11.3 Å². The van der Waals surface area contributed by atoms with Crippen molar-refractivity contribution >= 4 is 28.9 Å². The number of anilines is 3. The number of benzene rings is 1. The Bertz CT molecular complexity index is 772. The summed E-state index contributed by atoms with van der Waals surface area (Å²) in [6, 6.07) is 7.47. The van der Waals surface area contributed by atoms with E-state index in [9.17, 15) is 5.26 Å². The van der Waals surface area contributed by atoms with E-state index in [0.717, 1.165) is 0 Å². The quantitative estimate of drug-likeness (QED) is 0.911. The molecule has 1 N–H and O–H groups in total. The zero-order chi connectivity index (χ0) is 16.9. The summed E-state index contributed by atoms with van der Waals surface area (Å²) in [4.78, 5) is 10.5. The molecular weight excluding hydrogens is 330 g/mol. The number of ether oxygens (including phenoxy) is 2. The molecular formula is C16H16ClN5O2. The normalized spacial score (nSPS) is 14.1. The maximum atomic E-state index is 9.57. The lowest BCUT2D eigenvalue weighted by atomic mass is 10.2. The van der Waals surface area contributed by atoms with Gasteiger partial charge in [-0.1, -0.05) is 11.6 Å². The Morgan fingerprint density at radius 2 is 2.12 bits per heavy atom. The van der Waals surface area contributed by atoms with E-state index in [1.165, 1.54) is 6.33 Å². The largest absolute Gasteiger partial charge is 0.495 e. The lowest BCUT2D eigenvalue weighted by Gasteiger charge is -2.28. The van der Waals surface area contributed by atoms with E-state index in [0.29, 0.717) is 60.0 Å². The molecule has 3 rings (SSSR count). The lowest BCUT2D eigenvalue weighted by molar-refractivity contribution is 0.122. The topological polar surface area (TPSA) is 83.3 Å². The minimum atomic E-state index is 0.395. The van der Waals surface area contributed by atoms with E-state index in [4.69, 9.17) is 21.1 Å². The molecule has 1 aliphatic rings. The molecule has 2 heterocycles. The van der Waals surface area contributed by atoms with Crippen molar-refractivity contribution in [1.82, 2.24) is 9.97 Å².